The molecule has 0 fully saturated rings. The standard InChI is InChI=1S/C20H35NO2/c1-2-3-4-5-6-7-8-11-16-23-17-12-15-21-18-19-13-9-10-14-20(19)22/h9-10,13-14,21-22H,2-8,11-12,15-18H2,1H3. The normalized spacial score (nSPS) is 11.0. The summed E-state index contributed by atoms with van der Waals surface area (Å²) in [6, 6.07) is 7.46. The summed E-state index contributed by atoms with van der Waals surface area (Å²) in [5.41, 5.74) is 0.951. The number of benzene rings is 1. The predicted molar refractivity (Wildman–Crippen MR) is 97.9 cm³/mol. The van der Waals surface area contributed by atoms with Crippen molar-refractivity contribution >= 4 is 0 Å². The van der Waals surface area contributed by atoms with E-state index in [0.29, 0.717) is 12.3 Å². The Labute approximate surface area is 142 Å². The molecule has 0 atom stereocenters. The van der Waals surface area contributed by atoms with Gasteiger partial charge in [-0.15, -0.1) is 0 Å². The average Bonchev–Trinajstić information content (AvgIpc) is 2.57. The van der Waals surface area contributed by atoms with Crippen molar-refractivity contribution in [1.29, 1.82) is 0 Å². The van der Waals surface area contributed by atoms with Gasteiger partial charge < -0.3 is 15.2 Å². The molecule has 1 aromatic rings. The number of phenols is 1. The van der Waals surface area contributed by atoms with Gasteiger partial charge in [-0.25, -0.2) is 0 Å². The number of phenolic OH excluding ortho intramolecular Hbond substituents is 1. The van der Waals surface area contributed by atoms with E-state index in [9.17, 15) is 5.11 Å². The van der Waals surface area contributed by atoms with Crippen LogP contribution in [-0.2, 0) is 11.3 Å². The number of ether oxygens (including phenoxy) is 1. The van der Waals surface area contributed by atoms with Gasteiger partial charge in [-0.05, 0) is 25.5 Å². The Morgan fingerprint density at radius 2 is 1.52 bits per heavy atom. The number of para-hydroxylation sites is 1. The zero-order valence-corrected chi connectivity index (χ0v) is 14.9. The molecule has 0 spiro atoms. The zero-order valence-electron chi connectivity index (χ0n) is 14.9. The highest BCUT2D eigenvalue weighted by Gasteiger charge is 1.98. The van der Waals surface area contributed by atoms with Crippen molar-refractivity contribution in [1.82, 2.24) is 5.32 Å². The predicted octanol–water partition coefficient (Wildman–Crippen LogP) is 5.03. The van der Waals surface area contributed by atoms with Crippen LogP contribution in [0.2, 0.25) is 0 Å². The Kier molecular flexibility index (Phi) is 12.6. The molecule has 3 heteroatoms. The van der Waals surface area contributed by atoms with Gasteiger partial charge >= 0.3 is 0 Å². The maximum absolute atomic E-state index is 9.65. The summed E-state index contributed by atoms with van der Waals surface area (Å²) in [6.07, 6.45) is 11.8. The Morgan fingerprint density at radius 1 is 0.870 bits per heavy atom. The topological polar surface area (TPSA) is 41.5 Å². The lowest BCUT2D eigenvalue weighted by Crippen LogP contribution is -2.16. The van der Waals surface area contributed by atoms with Crippen molar-refractivity contribution in [3.8, 4) is 5.75 Å². The van der Waals surface area contributed by atoms with Gasteiger partial charge in [0.05, 0.1) is 0 Å². The number of unbranched alkanes of at least 4 members (excludes halogenated alkanes) is 7. The smallest absolute Gasteiger partial charge is 0.120 e. The minimum atomic E-state index is 0.367. The summed E-state index contributed by atoms with van der Waals surface area (Å²) in [7, 11) is 0. The van der Waals surface area contributed by atoms with E-state index in [0.717, 1.165) is 31.7 Å². The van der Waals surface area contributed by atoms with Crippen LogP contribution in [0.3, 0.4) is 0 Å². The van der Waals surface area contributed by atoms with Crippen LogP contribution in [0.1, 0.15) is 70.3 Å². The second-order valence-corrected chi connectivity index (χ2v) is 6.25. The van der Waals surface area contributed by atoms with Crippen LogP contribution in [0.5, 0.6) is 5.75 Å². The maximum atomic E-state index is 9.65. The minimum absolute atomic E-state index is 0.367. The molecule has 2 N–H and O–H groups in total. The van der Waals surface area contributed by atoms with Crippen molar-refractivity contribution < 1.29 is 9.84 Å². The molecule has 0 aliphatic carbocycles. The highest BCUT2D eigenvalue weighted by atomic mass is 16.5. The molecule has 0 amide bonds. The van der Waals surface area contributed by atoms with Crippen LogP contribution in [0.15, 0.2) is 24.3 Å². The number of rotatable bonds is 15. The lowest BCUT2D eigenvalue weighted by atomic mass is 10.1. The fourth-order valence-electron chi connectivity index (χ4n) is 2.62. The molecule has 1 rings (SSSR count). The molecule has 0 bridgehead atoms. The summed E-state index contributed by atoms with van der Waals surface area (Å²) >= 11 is 0. The third kappa shape index (κ3) is 11.2. The highest BCUT2D eigenvalue weighted by Crippen LogP contribution is 2.14. The van der Waals surface area contributed by atoms with Gasteiger partial charge in [0.25, 0.3) is 0 Å². The Morgan fingerprint density at radius 3 is 2.26 bits per heavy atom. The first kappa shape index (κ1) is 20.0. The van der Waals surface area contributed by atoms with Gasteiger partial charge in [-0.1, -0.05) is 70.1 Å². The molecular weight excluding hydrogens is 286 g/mol. The zero-order chi connectivity index (χ0) is 16.6. The minimum Gasteiger partial charge on any atom is -0.508 e. The van der Waals surface area contributed by atoms with Crippen LogP contribution >= 0.6 is 0 Å². The molecule has 0 aliphatic rings. The van der Waals surface area contributed by atoms with E-state index in [2.05, 4.69) is 12.2 Å². The van der Waals surface area contributed by atoms with E-state index < -0.39 is 0 Å². The largest absolute Gasteiger partial charge is 0.508 e. The Bertz CT molecular complexity index is 382. The third-order valence-electron chi connectivity index (χ3n) is 4.09. The van der Waals surface area contributed by atoms with Gasteiger partial charge in [0.1, 0.15) is 5.75 Å². The first-order valence-corrected chi connectivity index (χ1v) is 9.40. The fourth-order valence-corrected chi connectivity index (χ4v) is 2.62. The molecule has 1 aromatic carbocycles. The molecule has 23 heavy (non-hydrogen) atoms. The van der Waals surface area contributed by atoms with Crippen molar-refractivity contribution in [3.05, 3.63) is 29.8 Å². The summed E-state index contributed by atoms with van der Waals surface area (Å²) in [6.45, 7) is 5.62. The van der Waals surface area contributed by atoms with E-state index in [-0.39, 0.29) is 0 Å². The van der Waals surface area contributed by atoms with E-state index in [1.807, 2.05) is 18.2 Å². The van der Waals surface area contributed by atoms with Crippen molar-refractivity contribution in [2.45, 2.75) is 71.3 Å². The van der Waals surface area contributed by atoms with E-state index in [4.69, 9.17) is 4.74 Å². The number of nitrogens with one attached hydrogen (secondary N) is 1. The fraction of sp³-hybridized carbons (Fsp3) is 0.700. The number of aromatic hydroxyl groups is 1. The average molecular weight is 322 g/mol. The summed E-state index contributed by atoms with van der Waals surface area (Å²) in [5, 5.41) is 13.0. The molecule has 0 saturated heterocycles. The molecule has 0 heterocycles. The van der Waals surface area contributed by atoms with Crippen LogP contribution in [0.4, 0.5) is 0 Å². The van der Waals surface area contributed by atoms with Crippen LogP contribution in [0.25, 0.3) is 0 Å². The summed E-state index contributed by atoms with van der Waals surface area (Å²) < 4.78 is 5.67. The SMILES string of the molecule is CCCCCCCCCCOCCCNCc1ccccc1O. The van der Waals surface area contributed by atoms with Gasteiger partial charge in [0.2, 0.25) is 0 Å². The second-order valence-electron chi connectivity index (χ2n) is 6.25. The molecule has 0 aromatic heterocycles. The highest BCUT2D eigenvalue weighted by molar-refractivity contribution is 5.31. The van der Waals surface area contributed by atoms with Crippen molar-refractivity contribution in [2.24, 2.45) is 0 Å². The van der Waals surface area contributed by atoms with Gasteiger partial charge in [-0.3, -0.25) is 0 Å². The second kappa shape index (κ2) is 14.5. The first-order valence-electron chi connectivity index (χ1n) is 9.40. The van der Waals surface area contributed by atoms with Crippen LogP contribution < -0.4 is 5.32 Å². The van der Waals surface area contributed by atoms with Crippen LogP contribution in [-0.4, -0.2) is 24.9 Å². The van der Waals surface area contributed by atoms with Crippen LogP contribution in [0, 0.1) is 0 Å². The van der Waals surface area contributed by atoms with Gasteiger partial charge in [0.15, 0.2) is 0 Å². The van der Waals surface area contributed by atoms with Crippen molar-refractivity contribution in [3.63, 3.8) is 0 Å². The van der Waals surface area contributed by atoms with E-state index >= 15 is 0 Å². The monoisotopic (exact) mass is 321 g/mol. The molecule has 0 radical (unpaired) electrons. The quantitative estimate of drug-likeness (QED) is 0.445. The lowest BCUT2D eigenvalue weighted by molar-refractivity contribution is 0.127. The Balaban J connectivity index is 1.79. The summed E-state index contributed by atoms with van der Waals surface area (Å²) in [5.74, 6) is 0.367. The first-order chi connectivity index (χ1) is 11.3. The number of hydrogen-bond acceptors (Lipinski definition) is 3. The van der Waals surface area contributed by atoms with E-state index in [1.54, 1.807) is 6.07 Å². The van der Waals surface area contributed by atoms with Crippen molar-refractivity contribution in [2.75, 3.05) is 19.8 Å². The van der Waals surface area contributed by atoms with Gasteiger partial charge in [-0.2, -0.15) is 0 Å². The third-order valence-corrected chi connectivity index (χ3v) is 4.09. The number of hydrogen-bond donors (Lipinski definition) is 2. The molecule has 0 aliphatic heterocycles. The van der Waals surface area contributed by atoms with Gasteiger partial charge in [0, 0.05) is 25.3 Å². The Hall–Kier alpha value is -1.06. The molecule has 0 unspecified atom stereocenters. The molecule has 0 saturated carbocycles. The molecule has 3 nitrogen and oxygen atoms in total. The molecular formula is C20H35NO2. The molecule has 132 valence electrons. The lowest BCUT2D eigenvalue weighted by Gasteiger charge is -2.07. The maximum Gasteiger partial charge on any atom is 0.120 e. The summed E-state index contributed by atoms with van der Waals surface area (Å²) in [4.78, 5) is 0. The van der Waals surface area contributed by atoms with E-state index in [1.165, 1.54) is 51.4 Å².